The van der Waals surface area contributed by atoms with Crippen molar-refractivity contribution >= 4 is 15.8 Å². The number of rotatable bonds is 7. The molecule has 0 amide bonds. The molecule has 0 unspecified atom stereocenters. The molecule has 1 aromatic rings. The van der Waals surface area contributed by atoms with Gasteiger partial charge in [-0.2, -0.15) is 0 Å². The highest BCUT2D eigenvalue weighted by atomic mass is 32.2. The number of hydrogen-bond donors (Lipinski definition) is 1. The molecule has 1 aromatic carbocycles. The van der Waals surface area contributed by atoms with Crippen LogP contribution >= 0.6 is 0 Å². The van der Waals surface area contributed by atoms with Crippen LogP contribution in [0.2, 0.25) is 0 Å². The van der Waals surface area contributed by atoms with Crippen LogP contribution in [0, 0.1) is 0 Å². The lowest BCUT2D eigenvalue weighted by molar-refractivity contribution is 0.101. The minimum Gasteiger partial charge on any atom is -0.302 e. The third-order valence-corrected chi connectivity index (χ3v) is 4.94. The molecule has 20 heavy (non-hydrogen) atoms. The van der Waals surface area contributed by atoms with Crippen molar-refractivity contribution in [1.82, 2.24) is 9.62 Å². The molecular weight excluding hydrogens is 276 g/mol. The average molecular weight is 296 g/mol. The zero-order chi connectivity index (χ0) is 14.8. The van der Waals surface area contributed by atoms with Crippen molar-refractivity contribution in [3.8, 4) is 0 Å². The van der Waals surface area contributed by atoms with Crippen molar-refractivity contribution in [2.24, 2.45) is 0 Å². The summed E-state index contributed by atoms with van der Waals surface area (Å²) in [5.41, 5.74) is 0.406. The van der Waals surface area contributed by atoms with Gasteiger partial charge in [-0.3, -0.25) is 4.79 Å². The first kappa shape index (κ1) is 15.2. The molecule has 0 radical (unpaired) electrons. The predicted octanol–water partition coefficient (Wildman–Crippen LogP) is 1.26. The predicted molar refractivity (Wildman–Crippen MR) is 77.3 cm³/mol. The van der Waals surface area contributed by atoms with E-state index >= 15 is 0 Å². The van der Waals surface area contributed by atoms with E-state index in [2.05, 4.69) is 9.62 Å². The lowest BCUT2D eigenvalue weighted by Gasteiger charge is -2.15. The summed E-state index contributed by atoms with van der Waals surface area (Å²) in [4.78, 5) is 13.6. The van der Waals surface area contributed by atoms with Gasteiger partial charge in [-0.05, 0) is 38.9 Å². The Balaban J connectivity index is 1.98. The van der Waals surface area contributed by atoms with Gasteiger partial charge in [-0.25, -0.2) is 13.1 Å². The molecule has 1 aliphatic carbocycles. The van der Waals surface area contributed by atoms with E-state index in [1.165, 1.54) is 31.9 Å². The Morgan fingerprint density at radius 1 is 1.40 bits per heavy atom. The van der Waals surface area contributed by atoms with Crippen LogP contribution in [0.5, 0.6) is 0 Å². The lowest BCUT2D eigenvalue weighted by Crippen LogP contribution is -2.34. The first-order valence-electron chi connectivity index (χ1n) is 6.71. The minimum atomic E-state index is -3.55. The normalized spacial score (nSPS) is 15.6. The van der Waals surface area contributed by atoms with E-state index in [1.54, 1.807) is 12.1 Å². The van der Waals surface area contributed by atoms with Crippen molar-refractivity contribution in [2.75, 3.05) is 20.1 Å². The van der Waals surface area contributed by atoms with E-state index in [4.69, 9.17) is 0 Å². The number of sulfonamides is 1. The van der Waals surface area contributed by atoms with E-state index in [0.29, 0.717) is 24.7 Å². The highest BCUT2D eigenvalue weighted by Crippen LogP contribution is 2.24. The first-order valence-corrected chi connectivity index (χ1v) is 8.19. The quantitative estimate of drug-likeness (QED) is 0.769. The fourth-order valence-corrected chi connectivity index (χ4v) is 3.09. The number of nitrogens with one attached hydrogen (secondary N) is 1. The molecule has 0 saturated heterocycles. The van der Waals surface area contributed by atoms with Gasteiger partial charge in [0.1, 0.15) is 0 Å². The van der Waals surface area contributed by atoms with Crippen molar-refractivity contribution in [3.63, 3.8) is 0 Å². The molecule has 2 rings (SSSR count). The average Bonchev–Trinajstić information content (AvgIpc) is 3.23. The summed E-state index contributed by atoms with van der Waals surface area (Å²) in [5.74, 6) is -0.143. The van der Waals surface area contributed by atoms with Crippen molar-refractivity contribution in [1.29, 1.82) is 0 Å². The molecule has 1 N–H and O–H groups in total. The second-order valence-corrected chi connectivity index (χ2v) is 6.96. The van der Waals surface area contributed by atoms with Crippen LogP contribution in [0.25, 0.3) is 0 Å². The number of ketones is 1. The van der Waals surface area contributed by atoms with Crippen LogP contribution in [-0.4, -0.2) is 45.3 Å². The monoisotopic (exact) mass is 296 g/mol. The Morgan fingerprint density at radius 2 is 2.10 bits per heavy atom. The van der Waals surface area contributed by atoms with Crippen LogP contribution in [0.4, 0.5) is 0 Å². The Labute approximate surface area is 120 Å². The standard InChI is InChI=1S/C14H20N2O3S/c1-11(17)12-4-3-5-14(10-12)20(18,19)15-8-9-16(2)13-6-7-13/h3-5,10,13,15H,6-9H2,1-2H3. The minimum absolute atomic E-state index is 0.138. The van der Waals surface area contributed by atoms with Gasteiger partial charge in [-0.1, -0.05) is 12.1 Å². The molecule has 0 aromatic heterocycles. The fourth-order valence-electron chi connectivity index (χ4n) is 2.02. The van der Waals surface area contributed by atoms with Crippen molar-refractivity contribution < 1.29 is 13.2 Å². The van der Waals surface area contributed by atoms with Gasteiger partial charge < -0.3 is 4.90 Å². The van der Waals surface area contributed by atoms with Crippen molar-refractivity contribution in [2.45, 2.75) is 30.7 Å². The molecule has 5 nitrogen and oxygen atoms in total. The summed E-state index contributed by atoms with van der Waals surface area (Å²) in [6.07, 6.45) is 2.40. The van der Waals surface area contributed by atoms with Crippen LogP contribution in [0.1, 0.15) is 30.1 Å². The Kier molecular flexibility index (Phi) is 4.57. The van der Waals surface area contributed by atoms with E-state index in [0.717, 1.165) is 0 Å². The molecule has 1 saturated carbocycles. The third-order valence-electron chi connectivity index (χ3n) is 3.48. The lowest BCUT2D eigenvalue weighted by atomic mass is 10.2. The highest BCUT2D eigenvalue weighted by molar-refractivity contribution is 7.89. The molecule has 1 aliphatic rings. The number of Topliss-reactive ketones (excluding diaryl/α,β-unsaturated/α-hetero) is 1. The molecule has 0 bridgehead atoms. The first-order chi connectivity index (χ1) is 9.40. The zero-order valence-electron chi connectivity index (χ0n) is 11.8. The highest BCUT2D eigenvalue weighted by Gasteiger charge is 2.25. The number of carbonyl (C=O) groups is 1. The second-order valence-electron chi connectivity index (χ2n) is 5.19. The van der Waals surface area contributed by atoms with Gasteiger partial charge in [0, 0.05) is 24.7 Å². The summed E-state index contributed by atoms with van der Waals surface area (Å²) >= 11 is 0. The maximum atomic E-state index is 12.1. The maximum Gasteiger partial charge on any atom is 0.240 e. The third kappa shape index (κ3) is 3.88. The van der Waals surface area contributed by atoms with Crippen LogP contribution < -0.4 is 4.72 Å². The SMILES string of the molecule is CC(=O)c1cccc(S(=O)(=O)NCCN(C)C2CC2)c1. The summed E-state index contributed by atoms with van der Waals surface area (Å²) in [5, 5.41) is 0. The zero-order valence-corrected chi connectivity index (χ0v) is 12.6. The number of likely N-dealkylation sites (N-methyl/N-ethyl adjacent to an activating group) is 1. The van der Waals surface area contributed by atoms with Crippen LogP contribution in [0.15, 0.2) is 29.2 Å². The van der Waals surface area contributed by atoms with Gasteiger partial charge in [-0.15, -0.1) is 0 Å². The van der Waals surface area contributed by atoms with E-state index in [-0.39, 0.29) is 10.7 Å². The number of carbonyl (C=O) groups excluding carboxylic acids is 1. The molecule has 0 spiro atoms. The summed E-state index contributed by atoms with van der Waals surface area (Å²) < 4.78 is 26.8. The number of benzene rings is 1. The molecule has 6 heteroatoms. The number of hydrogen-bond acceptors (Lipinski definition) is 4. The van der Waals surface area contributed by atoms with E-state index < -0.39 is 10.0 Å². The maximum absolute atomic E-state index is 12.1. The molecule has 0 aliphatic heterocycles. The Bertz CT molecular complexity index is 594. The second kappa shape index (κ2) is 6.03. The fraction of sp³-hybridized carbons (Fsp3) is 0.500. The van der Waals surface area contributed by atoms with Gasteiger partial charge in [0.25, 0.3) is 0 Å². The Morgan fingerprint density at radius 3 is 2.70 bits per heavy atom. The van der Waals surface area contributed by atoms with E-state index in [9.17, 15) is 13.2 Å². The van der Waals surface area contributed by atoms with Crippen molar-refractivity contribution in [3.05, 3.63) is 29.8 Å². The largest absolute Gasteiger partial charge is 0.302 e. The summed E-state index contributed by atoms with van der Waals surface area (Å²) in [6, 6.07) is 6.72. The number of nitrogens with zero attached hydrogens (tertiary/aromatic N) is 1. The molecule has 0 atom stereocenters. The van der Waals surface area contributed by atoms with Crippen LogP contribution in [0.3, 0.4) is 0 Å². The van der Waals surface area contributed by atoms with Crippen LogP contribution in [-0.2, 0) is 10.0 Å². The van der Waals surface area contributed by atoms with Gasteiger partial charge in [0.05, 0.1) is 4.90 Å². The molecule has 1 fully saturated rings. The van der Waals surface area contributed by atoms with E-state index in [1.807, 2.05) is 7.05 Å². The summed E-state index contributed by atoms with van der Waals surface area (Å²) in [7, 11) is -1.54. The van der Waals surface area contributed by atoms with Gasteiger partial charge in [0.15, 0.2) is 5.78 Å². The molecule has 0 heterocycles. The topological polar surface area (TPSA) is 66.5 Å². The molecular formula is C14H20N2O3S. The smallest absolute Gasteiger partial charge is 0.240 e. The molecule has 110 valence electrons. The Hall–Kier alpha value is -1.24. The van der Waals surface area contributed by atoms with Gasteiger partial charge >= 0.3 is 0 Å². The summed E-state index contributed by atoms with van der Waals surface area (Å²) in [6.45, 7) is 2.49. The van der Waals surface area contributed by atoms with Gasteiger partial charge in [0.2, 0.25) is 10.0 Å².